The maximum absolute atomic E-state index is 11.6. The van der Waals surface area contributed by atoms with Gasteiger partial charge in [0.05, 0.1) is 5.92 Å². The van der Waals surface area contributed by atoms with Crippen molar-refractivity contribution in [2.24, 2.45) is 13.0 Å². The van der Waals surface area contributed by atoms with Crippen LogP contribution in [-0.2, 0) is 16.6 Å². The van der Waals surface area contributed by atoms with E-state index >= 15 is 0 Å². The molecule has 18 heavy (non-hydrogen) atoms. The highest BCUT2D eigenvalue weighted by molar-refractivity contribution is 7.99. The number of carbonyl (C=O) groups is 2. The van der Waals surface area contributed by atoms with E-state index in [0.717, 1.165) is 0 Å². The van der Waals surface area contributed by atoms with Gasteiger partial charge in [0.1, 0.15) is 0 Å². The zero-order chi connectivity index (χ0) is 13.1. The van der Waals surface area contributed by atoms with Crippen molar-refractivity contribution in [1.29, 1.82) is 0 Å². The molecular formula is C9H13N5O3S. The minimum absolute atomic E-state index is 0.0981. The first-order valence-electron chi connectivity index (χ1n) is 5.43. The van der Waals surface area contributed by atoms with E-state index in [4.69, 9.17) is 5.11 Å². The number of aromatic nitrogens is 4. The second kappa shape index (κ2) is 5.34. The molecule has 1 fully saturated rings. The van der Waals surface area contributed by atoms with Gasteiger partial charge in [-0.15, -0.1) is 5.10 Å². The smallest absolute Gasteiger partial charge is 0.308 e. The van der Waals surface area contributed by atoms with Crippen molar-refractivity contribution < 1.29 is 14.7 Å². The standard InChI is InChI=1S/C9H13N5O3S/c1-13-9(10-11-12-13)18-3-2-14-5-6(8(16)17)4-7(14)15/h6H,2-5H2,1H3,(H,16,17)/t6-/m1/s1. The largest absolute Gasteiger partial charge is 0.481 e. The summed E-state index contributed by atoms with van der Waals surface area (Å²) in [6, 6.07) is 0. The Morgan fingerprint density at radius 1 is 1.61 bits per heavy atom. The van der Waals surface area contributed by atoms with E-state index in [1.165, 1.54) is 11.8 Å². The van der Waals surface area contributed by atoms with Crippen LogP contribution >= 0.6 is 11.8 Å². The highest BCUT2D eigenvalue weighted by atomic mass is 32.2. The Hall–Kier alpha value is -1.64. The van der Waals surface area contributed by atoms with E-state index in [0.29, 0.717) is 24.0 Å². The molecule has 1 aromatic heterocycles. The number of rotatable bonds is 5. The molecule has 0 aliphatic carbocycles. The molecule has 98 valence electrons. The van der Waals surface area contributed by atoms with Crippen molar-refractivity contribution in [2.75, 3.05) is 18.8 Å². The third-order valence-corrected chi connectivity index (χ3v) is 3.73. The minimum Gasteiger partial charge on any atom is -0.481 e. The molecule has 1 aliphatic heterocycles. The molecule has 2 rings (SSSR count). The molecule has 1 saturated heterocycles. The quantitative estimate of drug-likeness (QED) is 0.702. The highest BCUT2D eigenvalue weighted by Gasteiger charge is 2.33. The number of hydrogen-bond donors (Lipinski definition) is 1. The molecular weight excluding hydrogens is 258 g/mol. The minimum atomic E-state index is -0.906. The number of carboxylic acids is 1. The fourth-order valence-corrected chi connectivity index (χ4v) is 2.56. The van der Waals surface area contributed by atoms with E-state index in [1.54, 1.807) is 16.6 Å². The van der Waals surface area contributed by atoms with Crippen LogP contribution in [0.15, 0.2) is 5.16 Å². The summed E-state index contributed by atoms with van der Waals surface area (Å²) in [5, 5.41) is 20.5. The molecule has 0 aromatic carbocycles. The average molecular weight is 271 g/mol. The molecule has 8 nitrogen and oxygen atoms in total. The summed E-state index contributed by atoms with van der Waals surface area (Å²) in [6.07, 6.45) is 0.103. The third kappa shape index (κ3) is 2.78. The molecule has 0 spiro atoms. The fourth-order valence-electron chi connectivity index (χ4n) is 1.74. The summed E-state index contributed by atoms with van der Waals surface area (Å²) in [7, 11) is 1.74. The van der Waals surface area contributed by atoms with Crippen LogP contribution < -0.4 is 0 Å². The normalized spacial score (nSPS) is 19.5. The molecule has 1 aliphatic rings. The molecule has 1 N–H and O–H groups in total. The van der Waals surface area contributed by atoms with Crippen molar-refractivity contribution in [1.82, 2.24) is 25.1 Å². The summed E-state index contributed by atoms with van der Waals surface area (Å²) in [5.41, 5.74) is 0. The predicted molar refractivity (Wildman–Crippen MR) is 61.8 cm³/mol. The van der Waals surface area contributed by atoms with Gasteiger partial charge in [-0.3, -0.25) is 9.59 Å². The number of aliphatic carboxylic acids is 1. The Labute approximate surface area is 107 Å². The van der Waals surface area contributed by atoms with Gasteiger partial charge in [0.15, 0.2) is 0 Å². The zero-order valence-electron chi connectivity index (χ0n) is 9.81. The van der Waals surface area contributed by atoms with Crippen molar-refractivity contribution in [3.63, 3.8) is 0 Å². The van der Waals surface area contributed by atoms with Crippen LogP contribution in [0.4, 0.5) is 0 Å². The Bertz CT molecular complexity index is 463. The summed E-state index contributed by atoms with van der Waals surface area (Å²) >= 11 is 1.44. The van der Waals surface area contributed by atoms with Gasteiger partial charge in [-0.1, -0.05) is 11.8 Å². The second-order valence-corrected chi connectivity index (χ2v) is 5.07. The number of carbonyl (C=O) groups excluding carboxylic acids is 1. The number of nitrogens with zero attached hydrogens (tertiary/aromatic N) is 5. The van der Waals surface area contributed by atoms with Gasteiger partial charge in [-0.25, -0.2) is 4.68 Å². The van der Waals surface area contributed by atoms with Crippen LogP contribution in [0.1, 0.15) is 6.42 Å². The van der Waals surface area contributed by atoms with Gasteiger partial charge >= 0.3 is 5.97 Å². The first-order chi connectivity index (χ1) is 8.58. The molecule has 2 heterocycles. The van der Waals surface area contributed by atoms with E-state index in [1.807, 2.05) is 0 Å². The molecule has 0 bridgehead atoms. The molecule has 1 aromatic rings. The topological polar surface area (TPSA) is 101 Å². The lowest BCUT2D eigenvalue weighted by Gasteiger charge is -2.14. The van der Waals surface area contributed by atoms with Gasteiger partial charge in [-0.05, 0) is 10.4 Å². The van der Waals surface area contributed by atoms with Gasteiger partial charge in [0.2, 0.25) is 11.1 Å². The summed E-state index contributed by atoms with van der Waals surface area (Å²) in [4.78, 5) is 23.9. The van der Waals surface area contributed by atoms with Crippen LogP contribution in [0.5, 0.6) is 0 Å². The van der Waals surface area contributed by atoms with Crippen molar-refractivity contribution in [3.05, 3.63) is 0 Å². The number of hydrogen-bond acceptors (Lipinski definition) is 6. The lowest BCUT2D eigenvalue weighted by Crippen LogP contribution is -2.28. The van der Waals surface area contributed by atoms with Crippen molar-refractivity contribution in [2.45, 2.75) is 11.6 Å². The number of carboxylic acid groups (broad SMARTS) is 1. The molecule has 0 unspecified atom stereocenters. The summed E-state index contributed by atoms with van der Waals surface area (Å²) < 4.78 is 1.55. The number of likely N-dealkylation sites (tertiary alicyclic amines) is 1. The lowest BCUT2D eigenvalue weighted by atomic mass is 10.1. The number of amides is 1. The van der Waals surface area contributed by atoms with Crippen LogP contribution in [0, 0.1) is 5.92 Å². The second-order valence-electron chi connectivity index (χ2n) is 4.01. The van der Waals surface area contributed by atoms with Crippen LogP contribution in [-0.4, -0.2) is 60.9 Å². The molecule has 0 radical (unpaired) electrons. The van der Waals surface area contributed by atoms with E-state index in [9.17, 15) is 9.59 Å². The molecule has 0 saturated carbocycles. The average Bonchev–Trinajstić information content (AvgIpc) is 2.87. The fraction of sp³-hybridized carbons (Fsp3) is 0.667. The molecule has 9 heteroatoms. The maximum Gasteiger partial charge on any atom is 0.308 e. The maximum atomic E-state index is 11.6. The first-order valence-corrected chi connectivity index (χ1v) is 6.42. The van der Waals surface area contributed by atoms with Gasteiger partial charge < -0.3 is 10.0 Å². The molecule has 1 atom stereocenters. The summed E-state index contributed by atoms with van der Waals surface area (Å²) in [5.74, 6) is -0.930. The lowest BCUT2D eigenvalue weighted by molar-refractivity contribution is -0.141. The number of aryl methyl sites for hydroxylation is 1. The van der Waals surface area contributed by atoms with Crippen molar-refractivity contribution in [3.8, 4) is 0 Å². The van der Waals surface area contributed by atoms with Crippen LogP contribution in [0.3, 0.4) is 0 Å². The number of thioether (sulfide) groups is 1. The molecule has 1 amide bonds. The summed E-state index contributed by atoms with van der Waals surface area (Å²) in [6.45, 7) is 0.811. The first kappa shape index (κ1) is 12.8. The number of tetrazole rings is 1. The van der Waals surface area contributed by atoms with Crippen LogP contribution in [0.2, 0.25) is 0 Å². The van der Waals surface area contributed by atoms with Crippen molar-refractivity contribution >= 4 is 23.6 Å². The Kier molecular flexibility index (Phi) is 3.80. The van der Waals surface area contributed by atoms with Gasteiger partial charge in [0.25, 0.3) is 0 Å². The Morgan fingerprint density at radius 2 is 2.39 bits per heavy atom. The SMILES string of the molecule is Cn1nnnc1SCCN1C[C@H](C(=O)O)CC1=O. The Balaban J connectivity index is 1.79. The van der Waals surface area contributed by atoms with Gasteiger partial charge in [-0.2, -0.15) is 0 Å². The van der Waals surface area contributed by atoms with E-state index < -0.39 is 11.9 Å². The van der Waals surface area contributed by atoms with E-state index in [-0.39, 0.29) is 12.3 Å². The van der Waals surface area contributed by atoms with Gasteiger partial charge in [0, 0.05) is 32.3 Å². The van der Waals surface area contributed by atoms with Crippen LogP contribution in [0.25, 0.3) is 0 Å². The Morgan fingerprint density at radius 3 is 2.94 bits per heavy atom. The third-order valence-electron chi connectivity index (χ3n) is 2.74. The monoisotopic (exact) mass is 271 g/mol. The predicted octanol–water partition coefficient (Wildman–Crippen LogP) is -0.765. The van der Waals surface area contributed by atoms with E-state index in [2.05, 4.69) is 15.5 Å². The zero-order valence-corrected chi connectivity index (χ0v) is 10.6. The highest BCUT2D eigenvalue weighted by Crippen LogP contribution is 2.19.